The average Bonchev–Trinajstić information content (AvgIpc) is 2.53. The van der Waals surface area contributed by atoms with Gasteiger partial charge in [-0.15, -0.1) is 0 Å². The fourth-order valence-electron chi connectivity index (χ4n) is 2.01. The monoisotopic (exact) mass is 450 g/mol. The van der Waals surface area contributed by atoms with Crippen molar-refractivity contribution < 1.29 is 9.53 Å². The largest absolute Gasteiger partial charge is 0.486 e. The molecule has 0 saturated carbocycles. The quantitative estimate of drug-likeness (QED) is 0.372. The van der Waals surface area contributed by atoms with Gasteiger partial charge in [-0.05, 0) is 52.2 Å². The first kappa shape index (κ1) is 19.3. The molecular formula is C16H14BrCl3N2O2. The standard InChI is InChI=1S/C16H14BrCl3N2O2/c17-12-5-9(1-4-15(23)22-21)6-14(20)16(12)24-8-10-2-3-11(18)7-13(10)19/h2-3,5-7H,1,4,8,21H2,(H,22,23). The third-order valence-corrected chi connectivity index (χ3v) is 4.70. The second-order valence-electron chi connectivity index (χ2n) is 4.98. The number of ether oxygens (including phenoxy) is 1. The van der Waals surface area contributed by atoms with Crippen molar-refractivity contribution in [2.24, 2.45) is 5.84 Å². The molecule has 3 N–H and O–H groups in total. The number of nitrogens with one attached hydrogen (secondary N) is 1. The number of halogens is 4. The number of carbonyl (C=O) groups is 1. The molecule has 0 unspecified atom stereocenters. The Balaban J connectivity index is 2.09. The molecule has 0 spiro atoms. The van der Waals surface area contributed by atoms with Crippen LogP contribution in [0.15, 0.2) is 34.8 Å². The van der Waals surface area contributed by atoms with Gasteiger partial charge in [0.15, 0.2) is 5.75 Å². The molecule has 128 valence electrons. The van der Waals surface area contributed by atoms with E-state index in [0.717, 1.165) is 11.1 Å². The van der Waals surface area contributed by atoms with E-state index in [9.17, 15) is 4.79 Å². The summed E-state index contributed by atoms with van der Waals surface area (Å²) in [5, 5.41) is 1.53. The number of amides is 1. The van der Waals surface area contributed by atoms with Gasteiger partial charge in [0, 0.05) is 22.0 Å². The van der Waals surface area contributed by atoms with Crippen LogP contribution in [-0.4, -0.2) is 5.91 Å². The summed E-state index contributed by atoms with van der Waals surface area (Å²) in [5.41, 5.74) is 3.79. The van der Waals surface area contributed by atoms with Crippen LogP contribution in [-0.2, 0) is 17.8 Å². The van der Waals surface area contributed by atoms with Crippen molar-refractivity contribution in [3.05, 3.63) is 61.0 Å². The average molecular weight is 453 g/mol. The first-order valence-electron chi connectivity index (χ1n) is 6.94. The molecule has 1 amide bonds. The first-order chi connectivity index (χ1) is 11.4. The van der Waals surface area contributed by atoms with Gasteiger partial charge in [-0.1, -0.05) is 40.9 Å². The molecule has 0 aliphatic rings. The Bertz CT molecular complexity index is 733. The Morgan fingerprint density at radius 1 is 1.17 bits per heavy atom. The van der Waals surface area contributed by atoms with Crippen LogP contribution in [0.25, 0.3) is 0 Å². The molecule has 0 atom stereocenters. The van der Waals surface area contributed by atoms with E-state index in [0.29, 0.717) is 31.7 Å². The van der Waals surface area contributed by atoms with E-state index in [1.807, 2.05) is 6.07 Å². The predicted molar refractivity (Wildman–Crippen MR) is 101 cm³/mol. The van der Waals surface area contributed by atoms with E-state index in [-0.39, 0.29) is 18.9 Å². The van der Waals surface area contributed by atoms with Crippen molar-refractivity contribution in [2.45, 2.75) is 19.4 Å². The van der Waals surface area contributed by atoms with E-state index in [1.165, 1.54) is 0 Å². The van der Waals surface area contributed by atoms with Crippen LogP contribution in [0.4, 0.5) is 0 Å². The molecule has 0 aromatic heterocycles. The second kappa shape index (κ2) is 8.92. The Morgan fingerprint density at radius 3 is 2.54 bits per heavy atom. The highest BCUT2D eigenvalue weighted by Gasteiger charge is 2.12. The molecule has 0 aliphatic heterocycles. The molecule has 8 heteroatoms. The Kier molecular flexibility index (Phi) is 7.19. The maximum Gasteiger partial charge on any atom is 0.234 e. The lowest BCUT2D eigenvalue weighted by Crippen LogP contribution is -2.30. The second-order valence-corrected chi connectivity index (χ2v) is 7.09. The smallest absolute Gasteiger partial charge is 0.234 e. The van der Waals surface area contributed by atoms with Crippen molar-refractivity contribution >= 4 is 56.6 Å². The molecule has 0 heterocycles. The topological polar surface area (TPSA) is 64.3 Å². The lowest BCUT2D eigenvalue weighted by molar-refractivity contribution is -0.121. The Morgan fingerprint density at radius 2 is 1.92 bits per heavy atom. The zero-order chi connectivity index (χ0) is 17.7. The highest BCUT2D eigenvalue weighted by Crippen LogP contribution is 2.36. The Labute approximate surface area is 163 Å². The zero-order valence-corrected chi connectivity index (χ0v) is 16.3. The van der Waals surface area contributed by atoms with Gasteiger partial charge < -0.3 is 4.74 Å². The van der Waals surface area contributed by atoms with Crippen molar-refractivity contribution in [3.63, 3.8) is 0 Å². The fraction of sp³-hybridized carbons (Fsp3) is 0.188. The summed E-state index contributed by atoms with van der Waals surface area (Å²) in [5.74, 6) is 5.34. The third-order valence-electron chi connectivity index (χ3n) is 3.25. The number of hydrazine groups is 1. The van der Waals surface area contributed by atoms with Gasteiger partial charge in [0.2, 0.25) is 5.91 Å². The molecular weight excluding hydrogens is 438 g/mol. The number of hydrogen-bond donors (Lipinski definition) is 2. The summed E-state index contributed by atoms with van der Waals surface area (Å²) < 4.78 is 6.47. The molecule has 2 aromatic rings. The summed E-state index contributed by atoms with van der Waals surface area (Å²) in [4.78, 5) is 11.2. The van der Waals surface area contributed by atoms with E-state index < -0.39 is 0 Å². The lowest BCUT2D eigenvalue weighted by Gasteiger charge is -2.13. The molecule has 0 aliphatic carbocycles. The normalized spacial score (nSPS) is 10.5. The van der Waals surface area contributed by atoms with Crippen molar-refractivity contribution in [3.8, 4) is 5.75 Å². The van der Waals surface area contributed by atoms with E-state index in [4.69, 9.17) is 45.4 Å². The van der Waals surface area contributed by atoms with Gasteiger partial charge >= 0.3 is 0 Å². The summed E-state index contributed by atoms with van der Waals surface area (Å²) >= 11 is 21.7. The summed E-state index contributed by atoms with van der Waals surface area (Å²) in [6.45, 7) is 0.253. The van der Waals surface area contributed by atoms with Crippen molar-refractivity contribution in [1.29, 1.82) is 0 Å². The molecule has 0 saturated heterocycles. The Hall–Kier alpha value is -0.980. The summed E-state index contributed by atoms with van der Waals surface area (Å²) in [6.07, 6.45) is 0.796. The summed E-state index contributed by atoms with van der Waals surface area (Å²) in [6, 6.07) is 8.81. The molecule has 2 rings (SSSR count). The number of carbonyl (C=O) groups excluding carboxylic acids is 1. The van der Waals surface area contributed by atoms with Crippen molar-refractivity contribution in [1.82, 2.24) is 5.43 Å². The minimum absolute atomic E-state index is 0.236. The number of benzene rings is 2. The van der Waals surface area contributed by atoms with Gasteiger partial charge in [-0.25, -0.2) is 5.84 Å². The van der Waals surface area contributed by atoms with Crippen LogP contribution in [0.3, 0.4) is 0 Å². The highest BCUT2D eigenvalue weighted by atomic mass is 79.9. The number of hydrogen-bond acceptors (Lipinski definition) is 3. The third kappa shape index (κ3) is 5.26. The minimum atomic E-state index is -0.236. The van der Waals surface area contributed by atoms with Crippen LogP contribution >= 0.6 is 50.7 Å². The van der Waals surface area contributed by atoms with E-state index in [1.54, 1.807) is 24.3 Å². The van der Waals surface area contributed by atoms with Gasteiger partial charge in [0.05, 0.1) is 9.50 Å². The van der Waals surface area contributed by atoms with Gasteiger partial charge in [0.1, 0.15) is 6.61 Å². The first-order valence-corrected chi connectivity index (χ1v) is 8.87. The van der Waals surface area contributed by atoms with Gasteiger partial charge in [-0.3, -0.25) is 10.2 Å². The lowest BCUT2D eigenvalue weighted by atomic mass is 10.1. The van der Waals surface area contributed by atoms with Crippen LogP contribution < -0.4 is 16.0 Å². The van der Waals surface area contributed by atoms with Crippen LogP contribution in [0.5, 0.6) is 5.75 Å². The summed E-state index contributed by atoms with van der Waals surface area (Å²) in [7, 11) is 0. The maximum absolute atomic E-state index is 11.2. The van der Waals surface area contributed by atoms with E-state index in [2.05, 4.69) is 21.4 Å². The van der Waals surface area contributed by atoms with Gasteiger partial charge in [0.25, 0.3) is 0 Å². The molecule has 0 radical (unpaired) electrons. The molecule has 24 heavy (non-hydrogen) atoms. The van der Waals surface area contributed by atoms with Crippen LogP contribution in [0, 0.1) is 0 Å². The molecule has 4 nitrogen and oxygen atoms in total. The zero-order valence-electron chi connectivity index (χ0n) is 12.4. The predicted octanol–water partition coefficient (Wildman–Crippen LogP) is 4.91. The fourth-order valence-corrected chi connectivity index (χ4v) is 3.51. The van der Waals surface area contributed by atoms with Gasteiger partial charge in [-0.2, -0.15) is 0 Å². The number of nitrogens with two attached hydrogens (primary N) is 1. The van der Waals surface area contributed by atoms with Crippen molar-refractivity contribution in [2.75, 3.05) is 0 Å². The van der Waals surface area contributed by atoms with Crippen LogP contribution in [0.2, 0.25) is 15.1 Å². The molecule has 2 aromatic carbocycles. The highest BCUT2D eigenvalue weighted by molar-refractivity contribution is 9.10. The molecule has 0 fully saturated rings. The molecule has 0 bridgehead atoms. The minimum Gasteiger partial charge on any atom is -0.486 e. The SMILES string of the molecule is NNC(=O)CCc1cc(Cl)c(OCc2ccc(Cl)cc2Cl)c(Br)c1. The number of aryl methyl sites for hydroxylation is 1. The number of rotatable bonds is 6. The van der Waals surface area contributed by atoms with E-state index >= 15 is 0 Å². The maximum atomic E-state index is 11.2. The van der Waals surface area contributed by atoms with Crippen LogP contribution in [0.1, 0.15) is 17.5 Å².